The Bertz CT molecular complexity index is 3930. The molecule has 0 amide bonds. The summed E-state index contributed by atoms with van der Waals surface area (Å²) in [6.45, 7) is 14.2. The van der Waals surface area contributed by atoms with Gasteiger partial charge in [0.2, 0.25) is 0 Å². The molecule has 12 aromatic rings. The first-order chi connectivity index (χ1) is 32.9. The van der Waals surface area contributed by atoms with Gasteiger partial charge in [0.1, 0.15) is 17.4 Å². The predicted molar refractivity (Wildman–Crippen MR) is 275 cm³/mol. The van der Waals surface area contributed by atoms with E-state index in [1.54, 1.807) is 31.6 Å². The molecule has 11 nitrogen and oxygen atoms in total. The highest BCUT2D eigenvalue weighted by atomic mass is 35.5. The van der Waals surface area contributed by atoms with Crippen LogP contribution in [-0.2, 0) is 0 Å². The summed E-state index contributed by atoms with van der Waals surface area (Å²) in [5.74, 6) is 3.36. The molecule has 0 aliphatic carbocycles. The zero-order valence-electron chi connectivity index (χ0n) is 38.8. The molecule has 12 rings (SSSR count). The molecule has 7 aromatic heterocycles. The van der Waals surface area contributed by atoms with Gasteiger partial charge in [-0.05, 0) is 115 Å². The monoisotopic (exact) mass is 932 g/mol. The number of aromatic nitrogens is 10. The van der Waals surface area contributed by atoms with Crippen LogP contribution in [0.4, 0.5) is 0 Å². The standard InChI is InChI=1S/C19H17N3.C18H13Cl2N3.C18H16N4O/c1-12-8-4-5-9-15(12)19-21-14(3)18-13(2)20-16-10-6-7-11-17(16)22(18)19;1-10-17-11(2)22-18(13-9-12(19)7-8-14(13)20)23(17)16-6-4-3-5-15(16)21-10;1-11-17-12(2)21-18(13-10-19-9-8-16(13)23-3)22(17)15-7-5-4-6-14(15)20-11/h4-11H,1-3H3;3-9H,1-2H3;4-10H,1-3H3. The summed E-state index contributed by atoms with van der Waals surface area (Å²) >= 11 is 12.6. The van der Waals surface area contributed by atoms with Crippen molar-refractivity contribution in [3.8, 4) is 39.9 Å². The number of aryl methyl sites for hydroxylation is 7. The van der Waals surface area contributed by atoms with Gasteiger partial charge < -0.3 is 4.74 Å². The minimum atomic E-state index is 0.625. The maximum atomic E-state index is 6.40. The van der Waals surface area contributed by atoms with Gasteiger partial charge in [-0.3, -0.25) is 18.2 Å². The molecule has 7 heterocycles. The molecule has 0 saturated carbocycles. The SMILES string of the molecule is COc1ccncc1-c1nc(C)c2c(C)nc3ccccc3n12.Cc1ccccc1-c1nc(C)c2c(C)nc3ccccc3n12.Cc1nc(-c2cc(Cl)ccc2Cl)n2c1c(C)nc1ccccc12. The van der Waals surface area contributed by atoms with E-state index < -0.39 is 0 Å². The predicted octanol–water partition coefficient (Wildman–Crippen LogP) is 13.5. The summed E-state index contributed by atoms with van der Waals surface area (Å²) < 4.78 is 12.0. The van der Waals surface area contributed by atoms with Crippen LogP contribution in [0, 0.1) is 48.5 Å². The maximum Gasteiger partial charge on any atom is 0.150 e. The Morgan fingerprint density at radius 2 is 0.838 bits per heavy atom. The summed E-state index contributed by atoms with van der Waals surface area (Å²) in [5.41, 5.74) is 19.0. The van der Waals surface area contributed by atoms with Crippen LogP contribution in [0.2, 0.25) is 10.0 Å². The number of nitrogens with zero attached hydrogens (tertiary/aromatic N) is 10. The van der Waals surface area contributed by atoms with Crippen molar-refractivity contribution in [3.05, 3.63) is 183 Å². The van der Waals surface area contributed by atoms with Crippen LogP contribution < -0.4 is 4.74 Å². The fourth-order valence-electron chi connectivity index (χ4n) is 9.27. The number of benzene rings is 5. The van der Waals surface area contributed by atoms with Crippen molar-refractivity contribution < 1.29 is 4.74 Å². The minimum Gasteiger partial charge on any atom is -0.496 e. The van der Waals surface area contributed by atoms with Gasteiger partial charge in [0, 0.05) is 28.5 Å². The zero-order valence-corrected chi connectivity index (χ0v) is 40.3. The van der Waals surface area contributed by atoms with Crippen molar-refractivity contribution >= 4 is 72.9 Å². The van der Waals surface area contributed by atoms with Gasteiger partial charge in [0.05, 0.1) is 102 Å². The van der Waals surface area contributed by atoms with Crippen molar-refractivity contribution in [2.75, 3.05) is 7.11 Å². The van der Waals surface area contributed by atoms with Crippen LogP contribution in [-0.4, -0.2) is 55.2 Å². The van der Waals surface area contributed by atoms with Crippen molar-refractivity contribution in [2.45, 2.75) is 48.5 Å². The summed E-state index contributed by atoms with van der Waals surface area (Å²) in [4.78, 5) is 32.8. The minimum absolute atomic E-state index is 0.625. The third-order valence-electron chi connectivity index (χ3n) is 12.2. The maximum absolute atomic E-state index is 6.40. The number of ether oxygens (including phenoxy) is 1. The first-order valence-corrected chi connectivity index (χ1v) is 22.9. The summed E-state index contributed by atoms with van der Waals surface area (Å²) in [6.07, 6.45) is 3.51. The molecule has 13 heteroatoms. The van der Waals surface area contributed by atoms with Gasteiger partial charge in [-0.2, -0.15) is 0 Å². The zero-order chi connectivity index (χ0) is 47.4. The molecule has 0 bridgehead atoms. The van der Waals surface area contributed by atoms with Gasteiger partial charge in [-0.25, -0.2) is 29.9 Å². The summed E-state index contributed by atoms with van der Waals surface area (Å²) in [6, 6.07) is 40.0. The fraction of sp³-hybridized carbons (Fsp3) is 0.145. The van der Waals surface area contributed by atoms with E-state index in [2.05, 4.69) is 87.5 Å². The number of fused-ring (bicyclic) bond motifs is 9. The van der Waals surface area contributed by atoms with E-state index >= 15 is 0 Å². The lowest BCUT2D eigenvalue weighted by Gasteiger charge is -2.10. The molecule has 0 radical (unpaired) electrons. The molecule has 0 saturated heterocycles. The van der Waals surface area contributed by atoms with Gasteiger partial charge in [-0.1, -0.05) is 83.9 Å². The molecule has 0 fully saturated rings. The Hall–Kier alpha value is -7.73. The van der Waals surface area contributed by atoms with Crippen molar-refractivity contribution in [2.24, 2.45) is 0 Å². The Labute approximate surface area is 402 Å². The second-order valence-corrected chi connectivity index (χ2v) is 17.5. The number of imidazole rings is 3. The average Bonchev–Trinajstić information content (AvgIpc) is 4.01. The molecule has 0 aliphatic heterocycles. The van der Waals surface area contributed by atoms with Crippen molar-refractivity contribution in [1.82, 2.24) is 48.1 Å². The van der Waals surface area contributed by atoms with E-state index in [1.807, 2.05) is 88.4 Å². The second kappa shape index (κ2) is 17.8. The van der Waals surface area contributed by atoms with Crippen LogP contribution in [0.5, 0.6) is 5.75 Å². The third-order valence-corrected chi connectivity index (χ3v) is 12.8. The van der Waals surface area contributed by atoms with Crippen LogP contribution in [0.15, 0.2) is 134 Å². The number of pyridine rings is 1. The van der Waals surface area contributed by atoms with Crippen LogP contribution in [0.1, 0.15) is 39.7 Å². The smallest absolute Gasteiger partial charge is 0.150 e. The first kappa shape index (κ1) is 44.1. The molecular weight excluding hydrogens is 888 g/mol. The van der Waals surface area contributed by atoms with E-state index in [-0.39, 0.29) is 0 Å². The van der Waals surface area contributed by atoms with Gasteiger partial charge in [-0.15, -0.1) is 0 Å². The number of para-hydroxylation sites is 6. The molecule has 68 heavy (non-hydrogen) atoms. The van der Waals surface area contributed by atoms with E-state index in [1.165, 1.54) is 11.1 Å². The fourth-order valence-corrected chi connectivity index (χ4v) is 9.64. The van der Waals surface area contributed by atoms with E-state index in [0.29, 0.717) is 10.0 Å². The van der Waals surface area contributed by atoms with Crippen molar-refractivity contribution in [3.63, 3.8) is 0 Å². The highest BCUT2D eigenvalue weighted by Crippen LogP contribution is 2.36. The number of hydrogen-bond acceptors (Lipinski definition) is 8. The van der Waals surface area contributed by atoms with E-state index in [4.69, 9.17) is 57.8 Å². The Kier molecular flexibility index (Phi) is 11.6. The largest absolute Gasteiger partial charge is 0.496 e. The average molecular weight is 934 g/mol. The number of methoxy groups -OCH3 is 1. The molecule has 5 aromatic carbocycles. The number of rotatable bonds is 4. The second-order valence-electron chi connectivity index (χ2n) is 16.7. The lowest BCUT2D eigenvalue weighted by Crippen LogP contribution is -1.98. The highest BCUT2D eigenvalue weighted by Gasteiger charge is 2.21. The van der Waals surface area contributed by atoms with Crippen molar-refractivity contribution in [1.29, 1.82) is 0 Å². The molecule has 336 valence electrons. The molecule has 0 atom stereocenters. The van der Waals surface area contributed by atoms with Crippen LogP contribution in [0.3, 0.4) is 0 Å². The normalized spacial score (nSPS) is 11.4. The Morgan fingerprint density at radius 3 is 1.31 bits per heavy atom. The molecule has 0 spiro atoms. The number of hydrogen-bond donors (Lipinski definition) is 0. The third kappa shape index (κ3) is 7.63. The van der Waals surface area contributed by atoms with Crippen LogP contribution >= 0.6 is 23.2 Å². The Morgan fingerprint density at radius 1 is 0.426 bits per heavy atom. The highest BCUT2D eigenvalue weighted by molar-refractivity contribution is 6.35. The lowest BCUT2D eigenvalue weighted by atomic mass is 10.1. The van der Waals surface area contributed by atoms with E-state index in [9.17, 15) is 0 Å². The molecule has 0 aliphatic rings. The van der Waals surface area contributed by atoms with E-state index in [0.717, 1.165) is 118 Å². The quantitative estimate of drug-likeness (QED) is 0.171. The molecule has 0 unspecified atom stereocenters. The molecular formula is C55H46Cl2N10O. The topological polar surface area (TPSA) is 113 Å². The summed E-state index contributed by atoms with van der Waals surface area (Å²) in [5, 5.41) is 1.26. The Balaban J connectivity index is 0.000000119. The van der Waals surface area contributed by atoms with Gasteiger partial charge >= 0.3 is 0 Å². The molecule has 0 N–H and O–H groups in total. The van der Waals surface area contributed by atoms with Crippen LogP contribution in [0.25, 0.3) is 83.8 Å². The van der Waals surface area contributed by atoms with Gasteiger partial charge in [0.25, 0.3) is 0 Å². The summed E-state index contributed by atoms with van der Waals surface area (Å²) in [7, 11) is 1.66. The van der Waals surface area contributed by atoms with Gasteiger partial charge in [0.15, 0.2) is 5.82 Å². The lowest BCUT2D eigenvalue weighted by molar-refractivity contribution is 0.415. The number of halogens is 2. The first-order valence-electron chi connectivity index (χ1n) is 22.2.